The van der Waals surface area contributed by atoms with Crippen molar-refractivity contribution >= 4 is 11.8 Å². The van der Waals surface area contributed by atoms with Gasteiger partial charge in [0.05, 0.1) is 6.04 Å². The summed E-state index contributed by atoms with van der Waals surface area (Å²) in [5.74, 6) is -0.280. The second kappa shape index (κ2) is 5.84. The first-order valence-electron chi connectivity index (χ1n) is 6.47. The van der Waals surface area contributed by atoms with Crippen LogP contribution in [0.5, 0.6) is 0 Å². The van der Waals surface area contributed by atoms with E-state index in [0.29, 0.717) is 19.5 Å². The van der Waals surface area contributed by atoms with Crippen LogP contribution < -0.4 is 11.1 Å². The second-order valence-corrected chi connectivity index (χ2v) is 4.79. The van der Waals surface area contributed by atoms with Gasteiger partial charge >= 0.3 is 0 Å². The van der Waals surface area contributed by atoms with Crippen molar-refractivity contribution in [1.29, 1.82) is 0 Å². The summed E-state index contributed by atoms with van der Waals surface area (Å²) >= 11 is 0. The highest BCUT2D eigenvalue weighted by molar-refractivity contribution is 5.90. The molecule has 2 atom stereocenters. The van der Waals surface area contributed by atoms with E-state index in [9.17, 15) is 9.59 Å². The highest BCUT2D eigenvalue weighted by Gasteiger charge is 2.31. The summed E-state index contributed by atoms with van der Waals surface area (Å²) in [6.07, 6.45) is 0.491. The fourth-order valence-electron chi connectivity index (χ4n) is 2.25. The predicted octanol–water partition coefficient (Wildman–Crippen LogP) is -0.0967. The number of piperazine rings is 1. The van der Waals surface area contributed by atoms with Crippen molar-refractivity contribution in [2.24, 2.45) is 5.73 Å². The van der Waals surface area contributed by atoms with Crippen molar-refractivity contribution in [3.8, 4) is 0 Å². The molecule has 1 aromatic carbocycles. The van der Waals surface area contributed by atoms with Gasteiger partial charge in [-0.25, -0.2) is 0 Å². The quantitative estimate of drug-likeness (QED) is 0.798. The van der Waals surface area contributed by atoms with Gasteiger partial charge in [-0.05, 0) is 18.9 Å². The number of hydrogen-bond acceptors (Lipinski definition) is 3. The van der Waals surface area contributed by atoms with Gasteiger partial charge < -0.3 is 16.0 Å². The van der Waals surface area contributed by atoms with Crippen LogP contribution in [0.25, 0.3) is 0 Å². The average molecular weight is 261 g/mol. The number of hydrogen-bond donors (Lipinski definition) is 2. The Kier molecular flexibility index (Phi) is 4.16. The molecular weight excluding hydrogens is 242 g/mol. The third-order valence-corrected chi connectivity index (χ3v) is 3.40. The Hall–Kier alpha value is -1.88. The van der Waals surface area contributed by atoms with E-state index in [-0.39, 0.29) is 11.8 Å². The summed E-state index contributed by atoms with van der Waals surface area (Å²) in [7, 11) is 0. The van der Waals surface area contributed by atoms with Crippen LogP contribution in [0, 0.1) is 0 Å². The van der Waals surface area contributed by atoms with Gasteiger partial charge in [-0.15, -0.1) is 0 Å². The number of nitrogens with zero attached hydrogens (tertiary/aromatic N) is 1. The maximum absolute atomic E-state index is 12.3. The number of nitrogens with one attached hydrogen (secondary N) is 1. The zero-order valence-corrected chi connectivity index (χ0v) is 11.0. The van der Waals surface area contributed by atoms with Crippen molar-refractivity contribution in [2.75, 3.05) is 13.1 Å². The number of benzene rings is 1. The molecule has 1 aliphatic heterocycles. The maximum Gasteiger partial charge on any atom is 0.242 e. The monoisotopic (exact) mass is 261 g/mol. The predicted molar refractivity (Wildman–Crippen MR) is 72.3 cm³/mol. The molecule has 0 aromatic heterocycles. The fourth-order valence-corrected chi connectivity index (χ4v) is 2.25. The zero-order valence-electron chi connectivity index (χ0n) is 11.0. The molecule has 2 rings (SSSR count). The van der Waals surface area contributed by atoms with Crippen LogP contribution >= 0.6 is 0 Å². The Morgan fingerprint density at radius 1 is 1.47 bits per heavy atom. The smallest absolute Gasteiger partial charge is 0.242 e. The van der Waals surface area contributed by atoms with Crippen molar-refractivity contribution < 1.29 is 9.59 Å². The second-order valence-electron chi connectivity index (χ2n) is 4.79. The van der Waals surface area contributed by atoms with E-state index in [1.807, 2.05) is 30.3 Å². The van der Waals surface area contributed by atoms with Crippen LogP contribution in [-0.2, 0) is 16.0 Å². The van der Waals surface area contributed by atoms with Gasteiger partial charge in [0.25, 0.3) is 0 Å². The summed E-state index contributed by atoms with van der Waals surface area (Å²) in [5.41, 5.74) is 6.99. The van der Waals surface area contributed by atoms with Crippen LogP contribution in [0.15, 0.2) is 30.3 Å². The SMILES string of the molecule is CC1C(=O)NCCN1C(=O)[C@H](N)Cc1ccccc1. The first-order valence-corrected chi connectivity index (χ1v) is 6.47. The number of rotatable bonds is 3. The highest BCUT2D eigenvalue weighted by Crippen LogP contribution is 2.09. The molecule has 0 bridgehead atoms. The van der Waals surface area contributed by atoms with Crippen molar-refractivity contribution in [3.63, 3.8) is 0 Å². The Morgan fingerprint density at radius 3 is 2.84 bits per heavy atom. The molecule has 2 amide bonds. The Morgan fingerprint density at radius 2 is 2.16 bits per heavy atom. The lowest BCUT2D eigenvalue weighted by molar-refractivity contribution is -0.143. The summed E-state index contributed by atoms with van der Waals surface area (Å²) in [6.45, 7) is 2.74. The number of nitrogens with two attached hydrogens (primary N) is 1. The third-order valence-electron chi connectivity index (χ3n) is 3.40. The zero-order chi connectivity index (χ0) is 13.8. The van der Waals surface area contributed by atoms with E-state index in [2.05, 4.69) is 5.32 Å². The molecule has 102 valence electrons. The molecule has 5 heteroatoms. The first-order chi connectivity index (χ1) is 9.09. The molecule has 0 radical (unpaired) electrons. The molecule has 3 N–H and O–H groups in total. The van der Waals surface area contributed by atoms with E-state index in [0.717, 1.165) is 5.56 Å². The van der Waals surface area contributed by atoms with E-state index >= 15 is 0 Å². The molecule has 1 aliphatic rings. The molecule has 5 nitrogen and oxygen atoms in total. The van der Waals surface area contributed by atoms with Crippen molar-refractivity contribution in [3.05, 3.63) is 35.9 Å². The summed E-state index contributed by atoms with van der Waals surface area (Å²) in [4.78, 5) is 25.4. The van der Waals surface area contributed by atoms with Gasteiger partial charge in [0.2, 0.25) is 11.8 Å². The van der Waals surface area contributed by atoms with Gasteiger partial charge in [0.1, 0.15) is 6.04 Å². The van der Waals surface area contributed by atoms with Gasteiger partial charge in [-0.1, -0.05) is 30.3 Å². The van der Waals surface area contributed by atoms with Crippen molar-refractivity contribution in [2.45, 2.75) is 25.4 Å². The molecule has 0 spiro atoms. The number of carbonyl (C=O) groups is 2. The lowest BCUT2D eigenvalue weighted by atomic mass is 10.0. The maximum atomic E-state index is 12.3. The van der Waals surface area contributed by atoms with Gasteiger partial charge in [-0.2, -0.15) is 0 Å². The van der Waals surface area contributed by atoms with E-state index in [1.54, 1.807) is 11.8 Å². The van der Waals surface area contributed by atoms with Gasteiger partial charge in [0.15, 0.2) is 0 Å². The molecule has 1 saturated heterocycles. The molecule has 0 aliphatic carbocycles. The topological polar surface area (TPSA) is 75.4 Å². The average Bonchev–Trinajstić information content (AvgIpc) is 2.42. The minimum Gasteiger partial charge on any atom is -0.353 e. The molecular formula is C14H19N3O2. The van der Waals surface area contributed by atoms with Crippen molar-refractivity contribution in [1.82, 2.24) is 10.2 Å². The Balaban J connectivity index is 2.00. The van der Waals surface area contributed by atoms with E-state index < -0.39 is 12.1 Å². The number of amides is 2. The molecule has 19 heavy (non-hydrogen) atoms. The third kappa shape index (κ3) is 3.12. The van der Waals surface area contributed by atoms with Crippen LogP contribution in [0.4, 0.5) is 0 Å². The normalized spacial score (nSPS) is 20.8. The van der Waals surface area contributed by atoms with E-state index in [1.165, 1.54) is 0 Å². The summed E-state index contributed by atoms with van der Waals surface area (Å²) in [5, 5.41) is 2.73. The van der Waals surface area contributed by atoms with Crippen LogP contribution in [0.3, 0.4) is 0 Å². The van der Waals surface area contributed by atoms with Gasteiger partial charge in [0, 0.05) is 13.1 Å². The highest BCUT2D eigenvalue weighted by atomic mass is 16.2. The minimum atomic E-state index is -0.601. The fraction of sp³-hybridized carbons (Fsp3) is 0.429. The molecule has 1 aromatic rings. The van der Waals surface area contributed by atoms with Gasteiger partial charge in [-0.3, -0.25) is 9.59 Å². The molecule has 1 fully saturated rings. The van der Waals surface area contributed by atoms with Crippen LogP contribution in [0.1, 0.15) is 12.5 Å². The summed E-state index contributed by atoms with van der Waals surface area (Å²) < 4.78 is 0. The Labute approximate surface area is 112 Å². The standard InChI is InChI=1S/C14H19N3O2/c1-10-13(18)16-7-8-17(10)14(19)12(15)9-11-5-3-2-4-6-11/h2-6,10,12H,7-9,15H2,1H3,(H,16,18)/t10?,12-/m1/s1. The molecule has 0 saturated carbocycles. The van der Waals surface area contributed by atoms with Crippen LogP contribution in [0.2, 0.25) is 0 Å². The van der Waals surface area contributed by atoms with Crippen LogP contribution in [-0.4, -0.2) is 41.9 Å². The lowest BCUT2D eigenvalue weighted by Crippen LogP contribution is -2.59. The minimum absolute atomic E-state index is 0.119. The summed E-state index contributed by atoms with van der Waals surface area (Å²) in [6, 6.07) is 8.61. The first kappa shape index (κ1) is 13.5. The Bertz CT molecular complexity index is 461. The lowest BCUT2D eigenvalue weighted by Gasteiger charge is -2.34. The number of carbonyl (C=O) groups excluding carboxylic acids is 2. The molecule has 1 unspecified atom stereocenters. The largest absolute Gasteiger partial charge is 0.353 e. The van der Waals surface area contributed by atoms with E-state index in [4.69, 9.17) is 5.73 Å². The molecule has 1 heterocycles.